The number of carbonyl (C=O) groups excluding carboxylic acids is 2. The molecule has 1 aliphatic rings. The molecule has 0 radical (unpaired) electrons. The molecule has 1 aliphatic heterocycles. The summed E-state index contributed by atoms with van der Waals surface area (Å²) in [6, 6.07) is 7.47. The average Bonchev–Trinajstić information content (AvgIpc) is 2.71. The number of benzene rings is 1. The van der Waals surface area contributed by atoms with E-state index < -0.39 is 0 Å². The lowest BCUT2D eigenvalue weighted by Crippen LogP contribution is -2.49. The summed E-state index contributed by atoms with van der Waals surface area (Å²) in [6.45, 7) is 10.0. The van der Waals surface area contributed by atoms with Crippen molar-refractivity contribution in [1.82, 2.24) is 20.9 Å². The molecule has 29 heavy (non-hydrogen) atoms. The smallest absolute Gasteiger partial charge is 0.254 e. The summed E-state index contributed by atoms with van der Waals surface area (Å²) in [5.74, 6) is 1.35. The number of rotatable bonds is 9. The molecule has 1 heterocycles. The number of nitrogens with zero attached hydrogens (tertiary/aromatic N) is 2. The van der Waals surface area contributed by atoms with Gasteiger partial charge in [-0.2, -0.15) is 0 Å². The number of amides is 2. The number of guanidine groups is 1. The number of hydrogen-bond donors (Lipinski definition) is 3. The van der Waals surface area contributed by atoms with E-state index in [0.29, 0.717) is 25.2 Å². The number of carbonyl (C=O) groups is 2. The van der Waals surface area contributed by atoms with Crippen molar-refractivity contribution in [3.05, 3.63) is 35.4 Å². The van der Waals surface area contributed by atoms with E-state index in [-0.39, 0.29) is 18.4 Å². The van der Waals surface area contributed by atoms with E-state index in [4.69, 9.17) is 0 Å². The van der Waals surface area contributed by atoms with Crippen LogP contribution in [0.3, 0.4) is 0 Å². The zero-order valence-electron chi connectivity index (χ0n) is 18.0. The Morgan fingerprint density at radius 3 is 2.62 bits per heavy atom. The van der Waals surface area contributed by atoms with E-state index in [1.165, 1.54) is 12.8 Å². The first-order valence-corrected chi connectivity index (χ1v) is 10.7. The second-order valence-electron chi connectivity index (χ2n) is 7.79. The van der Waals surface area contributed by atoms with E-state index in [1.807, 2.05) is 24.3 Å². The molecule has 1 aromatic rings. The molecule has 1 fully saturated rings. The van der Waals surface area contributed by atoms with Crippen LogP contribution in [0.15, 0.2) is 29.3 Å². The summed E-state index contributed by atoms with van der Waals surface area (Å²) in [6.07, 6.45) is 3.61. The number of aliphatic imine (C=N–C) groups is 1. The van der Waals surface area contributed by atoms with Gasteiger partial charge in [0.05, 0.1) is 13.1 Å². The molecule has 1 aromatic carbocycles. The highest BCUT2D eigenvalue weighted by atomic mass is 16.2. The van der Waals surface area contributed by atoms with Crippen LogP contribution in [0, 0.1) is 5.92 Å². The maximum Gasteiger partial charge on any atom is 0.254 e. The Balaban J connectivity index is 1.85. The van der Waals surface area contributed by atoms with Crippen LogP contribution in [0.1, 0.15) is 56.0 Å². The molecule has 7 heteroatoms. The van der Waals surface area contributed by atoms with Gasteiger partial charge in [0, 0.05) is 31.7 Å². The number of hydrogen-bond acceptors (Lipinski definition) is 3. The first-order valence-electron chi connectivity index (χ1n) is 10.7. The fraction of sp³-hybridized carbons (Fsp3) is 0.591. The maximum absolute atomic E-state index is 12.5. The molecular formula is C22H35N5O2. The summed E-state index contributed by atoms with van der Waals surface area (Å²) >= 11 is 0. The number of unbranched alkanes of at least 4 members (excludes halogenated alkanes) is 1. The normalized spacial score (nSPS) is 14.7. The van der Waals surface area contributed by atoms with Crippen LogP contribution >= 0.6 is 0 Å². The molecule has 3 N–H and O–H groups in total. The van der Waals surface area contributed by atoms with Gasteiger partial charge in [0.2, 0.25) is 5.91 Å². The molecule has 160 valence electrons. The van der Waals surface area contributed by atoms with E-state index >= 15 is 0 Å². The summed E-state index contributed by atoms with van der Waals surface area (Å²) < 4.78 is 0. The third-order valence-electron chi connectivity index (χ3n) is 4.79. The Labute approximate surface area is 174 Å². The van der Waals surface area contributed by atoms with Crippen LogP contribution in [0.25, 0.3) is 0 Å². The molecule has 0 atom stereocenters. The molecule has 0 bridgehead atoms. The Morgan fingerprint density at radius 2 is 1.97 bits per heavy atom. The molecule has 1 saturated heterocycles. The van der Waals surface area contributed by atoms with Gasteiger partial charge < -0.3 is 20.9 Å². The minimum Gasteiger partial charge on any atom is -0.357 e. The van der Waals surface area contributed by atoms with Crippen LogP contribution in [0.4, 0.5) is 0 Å². The van der Waals surface area contributed by atoms with Crippen LogP contribution < -0.4 is 16.0 Å². The number of piperazine rings is 1. The largest absolute Gasteiger partial charge is 0.357 e. The molecule has 0 aliphatic carbocycles. The second kappa shape index (κ2) is 12.1. The topological polar surface area (TPSA) is 85.8 Å². The van der Waals surface area contributed by atoms with Gasteiger partial charge in [0.15, 0.2) is 5.96 Å². The highest BCUT2D eigenvalue weighted by Crippen LogP contribution is 2.10. The Kier molecular flexibility index (Phi) is 9.47. The molecule has 0 unspecified atom stereocenters. The Morgan fingerprint density at radius 1 is 1.21 bits per heavy atom. The summed E-state index contributed by atoms with van der Waals surface area (Å²) in [4.78, 5) is 30.2. The van der Waals surface area contributed by atoms with Gasteiger partial charge in [0.25, 0.3) is 5.91 Å². The maximum atomic E-state index is 12.5. The Bertz CT molecular complexity index is 685. The molecule has 2 rings (SSSR count). The number of nitrogens with one attached hydrogen (secondary N) is 3. The van der Waals surface area contributed by atoms with Crippen molar-refractivity contribution in [3.8, 4) is 0 Å². The average molecular weight is 402 g/mol. The molecule has 7 nitrogen and oxygen atoms in total. The lowest BCUT2D eigenvalue weighted by molar-refractivity contribution is -0.123. The van der Waals surface area contributed by atoms with Gasteiger partial charge in [-0.05, 0) is 37.0 Å². The van der Waals surface area contributed by atoms with Gasteiger partial charge in [-0.1, -0.05) is 38.8 Å². The van der Waals surface area contributed by atoms with E-state index in [0.717, 1.165) is 37.0 Å². The lowest BCUT2D eigenvalue weighted by atomic mass is 10.1. The molecule has 0 saturated carbocycles. The van der Waals surface area contributed by atoms with Crippen molar-refractivity contribution < 1.29 is 9.59 Å². The van der Waals surface area contributed by atoms with Crippen LogP contribution in [0.5, 0.6) is 0 Å². The van der Waals surface area contributed by atoms with Gasteiger partial charge in [-0.3, -0.25) is 9.59 Å². The monoisotopic (exact) mass is 401 g/mol. The van der Waals surface area contributed by atoms with Crippen molar-refractivity contribution in [3.63, 3.8) is 0 Å². The highest BCUT2D eigenvalue weighted by Gasteiger charge is 2.22. The Hall–Kier alpha value is -2.57. The molecule has 0 aromatic heterocycles. The predicted octanol–water partition coefficient (Wildman–Crippen LogP) is 2.14. The summed E-state index contributed by atoms with van der Waals surface area (Å²) in [7, 11) is 0. The second-order valence-corrected chi connectivity index (χ2v) is 7.79. The van der Waals surface area contributed by atoms with E-state index in [2.05, 4.69) is 41.7 Å². The first-order chi connectivity index (χ1) is 14.0. The fourth-order valence-corrected chi connectivity index (χ4v) is 3.14. The van der Waals surface area contributed by atoms with Crippen molar-refractivity contribution >= 4 is 17.8 Å². The SMILES string of the molecule is CCNC(=NCc1ccc(C(=O)N2CCNC(=O)C2)cc1)NCCCCC(C)C. The quantitative estimate of drug-likeness (QED) is 0.336. The third kappa shape index (κ3) is 8.13. The van der Waals surface area contributed by atoms with Crippen LogP contribution in [-0.2, 0) is 11.3 Å². The fourth-order valence-electron chi connectivity index (χ4n) is 3.14. The van der Waals surface area contributed by atoms with Gasteiger partial charge in [0.1, 0.15) is 0 Å². The van der Waals surface area contributed by atoms with Crippen LogP contribution in [-0.4, -0.2) is 55.4 Å². The minimum absolute atomic E-state index is 0.105. The predicted molar refractivity (Wildman–Crippen MR) is 117 cm³/mol. The summed E-state index contributed by atoms with van der Waals surface area (Å²) in [5.41, 5.74) is 1.64. The van der Waals surface area contributed by atoms with Crippen molar-refractivity contribution in [1.29, 1.82) is 0 Å². The summed E-state index contributed by atoms with van der Waals surface area (Å²) in [5, 5.41) is 9.38. The molecular weight excluding hydrogens is 366 g/mol. The van der Waals surface area contributed by atoms with Crippen LogP contribution in [0.2, 0.25) is 0 Å². The molecule has 2 amide bonds. The standard InChI is InChI=1S/C22H35N5O2/c1-4-23-22(25-12-6-5-7-17(2)3)26-15-18-8-10-19(11-9-18)21(29)27-14-13-24-20(28)16-27/h8-11,17H,4-7,12-16H2,1-3H3,(H,24,28)(H2,23,25,26). The van der Waals surface area contributed by atoms with Crippen molar-refractivity contribution in [2.45, 2.75) is 46.6 Å². The highest BCUT2D eigenvalue weighted by molar-refractivity contribution is 5.97. The lowest BCUT2D eigenvalue weighted by Gasteiger charge is -2.26. The van der Waals surface area contributed by atoms with Gasteiger partial charge >= 0.3 is 0 Å². The third-order valence-corrected chi connectivity index (χ3v) is 4.79. The van der Waals surface area contributed by atoms with Gasteiger partial charge in [-0.25, -0.2) is 4.99 Å². The zero-order valence-corrected chi connectivity index (χ0v) is 18.0. The molecule has 0 spiro atoms. The van der Waals surface area contributed by atoms with Crippen molar-refractivity contribution in [2.24, 2.45) is 10.9 Å². The van der Waals surface area contributed by atoms with Gasteiger partial charge in [-0.15, -0.1) is 0 Å². The van der Waals surface area contributed by atoms with E-state index in [9.17, 15) is 9.59 Å². The first kappa shape index (κ1) is 22.7. The van der Waals surface area contributed by atoms with E-state index in [1.54, 1.807) is 4.90 Å². The van der Waals surface area contributed by atoms with Crippen molar-refractivity contribution in [2.75, 3.05) is 32.7 Å². The zero-order chi connectivity index (χ0) is 21.1. The minimum atomic E-state index is -0.108.